The monoisotopic (exact) mass is 426 g/mol. The van der Waals surface area contributed by atoms with Gasteiger partial charge in [0.15, 0.2) is 6.61 Å². The zero-order valence-corrected chi connectivity index (χ0v) is 19.0. The van der Waals surface area contributed by atoms with Gasteiger partial charge in [-0.15, -0.1) is 0 Å². The van der Waals surface area contributed by atoms with Gasteiger partial charge in [0.1, 0.15) is 11.5 Å². The van der Waals surface area contributed by atoms with Crippen LogP contribution >= 0.6 is 0 Å². The van der Waals surface area contributed by atoms with Crippen LogP contribution in [0, 0.1) is 0 Å². The molecule has 0 saturated carbocycles. The normalized spacial score (nSPS) is 15.9. The van der Waals surface area contributed by atoms with Gasteiger partial charge in [-0.3, -0.25) is 9.69 Å². The molecule has 1 amide bonds. The van der Waals surface area contributed by atoms with Crippen LogP contribution in [-0.2, 0) is 4.79 Å². The number of anilines is 1. The molecule has 1 aliphatic rings. The van der Waals surface area contributed by atoms with Crippen molar-refractivity contribution in [2.75, 3.05) is 72.5 Å². The molecule has 0 bridgehead atoms. The number of ether oxygens (including phenoxy) is 2. The number of methoxy groups -OCH3 is 1. The molecule has 2 aromatic carbocycles. The number of nitrogens with zero attached hydrogens (tertiary/aromatic N) is 3. The van der Waals surface area contributed by atoms with Gasteiger partial charge in [-0.2, -0.15) is 0 Å². The Hall–Kier alpha value is -2.77. The van der Waals surface area contributed by atoms with E-state index in [-0.39, 0.29) is 18.6 Å². The molecule has 0 aliphatic carbocycles. The number of amides is 1. The number of benzene rings is 2. The predicted molar refractivity (Wildman–Crippen MR) is 124 cm³/mol. The molecule has 7 nitrogen and oxygen atoms in total. The van der Waals surface area contributed by atoms with Crippen LogP contribution in [0.5, 0.6) is 11.5 Å². The fourth-order valence-electron chi connectivity index (χ4n) is 3.67. The summed E-state index contributed by atoms with van der Waals surface area (Å²) in [6.45, 7) is 4.56. The third kappa shape index (κ3) is 6.60. The number of carbonyl (C=O) groups is 1. The third-order valence-corrected chi connectivity index (χ3v) is 5.69. The lowest BCUT2D eigenvalue weighted by atomic mass is 10.0. The molecule has 1 heterocycles. The van der Waals surface area contributed by atoms with Gasteiger partial charge in [-0.05, 0) is 49.0 Å². The van der Waals surface area contributed by atoms with Crippen molar-refractivity contribution in [3.05, 3.63) is 54.1 Å². The molecule has 7 heteroatoms. The van der Waals surface area contributed by atoms with Gasteiger partial charge in [-0.25, -0.2) is 0 Å². The van der Waals surface area contributed by atoms with E-state index in [0.717, 1.165) is 37.6 Å². The largest absolute Gasteiger partial charge is 0.497 e. The van der Waals surface area contributed by atoms with E-state index in [1.165, 1.54) is 5.56 Å². The maximum absolute atomic E-state index is 12.5. The zero-order valence-electron chi connectivity index (χ0n) is 19.0. The Bertz CT molecular complexity index is 816. The van der Waals surface area contributed by atoms with Crippen LogP contribution in [-0.4, -0.2) is 83.3 Å². The van der Waals surface area contributed by atoms with E-state index in [9.17, 15) is 4.79 Å². The number of hydrogen-bond donors (Lipinski definition) is 1. The van der Waals surface area contributed by atoms with E-state index < -0.39 is 0 Å². The van der Waals surface area contributed by atoms with Crippen LogP contribution in [0.15, 0.2) is 48.5 Å². The minimum atomic E-state index is -0.125. The summed E-state index contributed by atoms with van der Waals surface area (Å²) in [6.07, 6.45) is 0. The summed E-state index contributed by atoms with van der Waals surface area (Å²) in [4.78, 5) is 19.3. The lowest BCUT2D eigenvalue weighted by molar-refractivity contribution is -0.123. The summed E-state index contributed by atoms with van der Waals surface area (Å²) < 4.78 is 10.8. The summed E-state index contributed by atoms with van der Waals surface area (Å²) in [6, 6.07) is 15.9. The minimum Gasteiger partial charge on any atom is -0.497 e. The van der Waals surface area contributed by atoms with Crippen LogP contribution in [0.3, 0.4) is 0 Å². The number of hydrogen-bond acceptors (Lipinski definition) is 6. The number of rotatable bonds is 9. The Balaban J connectivity index is 1.60. The fourth-order valence-corrected chi connectivity index (χ4v) is 3.67. The van der Waals surface area contributed by atoms with Crippen LogP contribution in [0.2, 0.25) is 0 Å². The van der Waals surface area contributed by atoms with Gasteiger partial charge < -0.3 is 24.6 Å². The standard InChI is InChI=1S/C24H34N4O3/c1-26(2)20-7-5-19(6-8-20)23(28-15-13-27(3)14-16-28)17-25-24(29)18-31-22-11-9-21(30-4)10-12-22/h5-12,23H,13-18H2,1-4H3,(H,25,29). The number of piperazine rings is 1. The summed E-state index contributed by atoms with van der Waals surface area (Å²) in [5.41, 5.74) is 2.38. The zero-order chi connectivity index (χ0) is 22.2. The highest BCUT2D eigenvalue weighted by Crippen LogP contribution is 2.24. The molecule has 0 spiro atoms. The van der Waals surface area contributed by atoms with E-state index >= 15 is 0 Å². The van der Waals surface area contributed by atoms with Gasteiger partial charge in [0.25, 0.3) is 5.91 Å². The van der Waals surface area contributed by atoms with Crippen molar-refractivity contribution in [3.8, 4) is 11.5 Å². The Morgan fingerprint density at radius 3 is 2.19 bits per heavy atom. The van der Waals surface area contributed by atoms with Gasteiger partial charge in [-0.1, -0.05) is 12.1 Å². The van der Waals surface area contributed by atoms with Crippen molar-refractivity contribution in [1.82, 2.24) is 15.1 Å². The van der Waals surface area contributed by atoms with Gasteiger partial charge in [0.05, 0.1) is 13.2 Å². The molecule has 1 N–H and O–H groups in total. The average Bonchev–Trinajstić information content (AvgIpc) is 2.79. The highest BCUT2D eigenvalue weighted by atomic mass is 16.5. The summed E-state index contributed by atoms with van der Waals surface area (Å²) in [5.74, 6) is 1.28. The molecule has 3 rings (SSSR count). The lowest BCUT2D eigenvalue weighted by Crippen LogP contribution is -2.48. The topological polar surface area (TPSA) is 57.3 Å². The Morgan fingerprint density at radius 2 is 1.61 bits per heavy atom. The summed E-state index contributed by atoms with van der Waals surface area (Å²) >= 11 is 0. The predicted octanol–water partition coefficient (Wildman–Crippen LogP) is 2.24. The lowest BCUT2D eigenvalue weighted by Gasteiger charge is -2.38. The van der Waals surface area contributed by atoms with Crippen molar-refractivity contribution < 1.29 is 14.3 Å². The summed E-state index contributed by atoms with van der Waals surface area (Å²) in [7, 11) is 7.84. The van der Waals surface area contributed by atoms with Crippen molar-refractivity contribution in [3.63, 3.8) is 0 Å². The Kier molecular flexibility index (Phi) is 8.14. The molecule has 0 radical (unpaired) electrons. The third-order valence-electron chi connectivity index (χ3n) is 5.69. The van der Waals surface area contributed by atoms with Crippen LogP contribution in [0.1, 0.15) is 11.6 Å². The average molecular weight is 427 g/mol. The molecular formula is C24H34N4O3. The number of likely N-dealkylation sites (N-methyl/N-ethyl adjacent to an activating group) is 1. The van der Waals surface area contributed by atoms with E-state index in [2.05, 4.69) is 51.3 Å². The second kappa shape index (κ2) is 11.0. The van der Waals surface area contributed by atoms with Crippen molar-refractivity contribution in [1.29, 1.82) is 0 Å². The van der Waals surface area contributed by atoms with Crippen LogP contribution in [0.25, 0.3) is 0 Å². The van der Waals surface area contributed by atoms with E-state index in [1.54, 1.807) is 19.2 Å². The molecule has 2 aromatic rings. The fraction of sp³-hybridized carbons (Fsp3) is 0.458. The molecule has 1 aliphatic heterocycles. The molecule has 31 heavy (non-hydrogen) atoms. The number of carbonyl (C=O) groups excluding carboxylic acids is 1. The van der Waals surface area contributed by atoms with Crippen molar-refractivity contribution in [2.45, 2.75) is 6.04 Å². The first-order valence-electron chi connectivity index (χ1n) is 10.7. The highest BCUT2D eigenvalue weighted by Gasteiger charge is 2.24. The molecule has 1 saturated heterocycles. The van der Waals surface area contributed by atoms with Gasteiger partial charge in [0.2, 0.25) is 0 Å². The molecular weight excluding hydrogens is 392 g/mol. The van der Waals surface area contributed by atoms with E-state index in [1.807, 2.05) is 26.2 Å². The Morgan fingerprint density at radius 1 is 1.00 bits per heavy atom. The first-order valence-corrected chi connectivity index (χ1v) is 10.7. The second-order valence-electron chi connectivity index (χ2n) is 8.11. The van der Waals surface area contributed by atoms with E-state index in [0.29, 0.717) is 12.3 Å². The minimum absolute atomic E-state index is 0.0125. The van der Waals surface area contributed by atoms with E-state index in [4.69, 9.17) is 9.47 Å². The molecule has 0 aromatic heterocycles. The van der Waals surface area contributed by atoms with Gasteiger partial charge in [0, 0.05) is 52.5 Å². The maximum atomic E-state index is 12.5. The second-order valence-corrected chi connectivity index (χ2v) is 8.11. The highest BCUT2D eigenvalue weighted by molar-refractivity contribution is 5.77. The number of nitrogens with one attached hydrogen (secondary N) is 1. The SMILES string of the molecule is COc1ccc(OCC(=O)NCC(c2ccc(N(C)C)cc2)N2CCN(C)CC2)cc1. The smallest absolute Gasteiger partial charge is 0.258 e. The summed E-state index contributed by atoms with van der Waals surface area (Å²) in [5, 5.41) is 3.07. The Labute approximate surface area is 185 Å². The molecule has 168 valence electrons. The van der Waals surface area contributed by atoms with Crippen LogP contribution in [0.4, 0.5) is 5.69 Å². The van der Waals surface area contributed by atoms with Crippen LogP contribution < -0.4 is 19.7 Å². The molecule has 1 unspecified atom stereocenters. The maximum Gasteiger partial charge on any atom is 0.258 e. The quantitative estimate of drug-likeness (QED) is 0.664. The van der Waals surface area contributed by atoms with Crippen molar-refractivity contribution >= 4 is 11.6 Å². The first kappa shape index (κ1) is 22.9. The molecule has 1 atom stereocenters. The molecule has 1 fully saturated rings. The van der Waals surface area contributed by atoms with Gasteiger partial charge >= 0.3 is 0 Å². The van der Waals surface area contributed by atoms with Crippen molar-refractivity contribution in [2.24, 2.45) is 0 Å². The first-order chi connectivity index (χ1) is 15.0.